The summed E-state index contributed by atoms with van der Waals surface area (Å²) >= 11 is 0. The molecule has 0 aliphatic carbocycles. The molecular formula is C28H28F7N5O. The third-order valence-corrected chi connectivity index (χ3v) is 7.49. The van der Waals surface area contributed by atoms with Crippen LogP contribution in [0, 0.1) is 12.7 Å². The van der Waals surface area contributed by atoms with Gasteiger partial charge in [-0.1, -0.05) is 0 Å². The highest BCUT2D eigenvalue weighted by atomic mass is 19.4. The monoisotopic (exact) mass is 583 g/mol. The van der Waals surface area contributed by atoms with E-state index in [4.69, 9.17) is 4.74 Å². The van der Waals surface area contributed by atoms with Gasteiger partial charge in [-0.25, -0.2) is 14.4 Å². The normalized spacial score (nSPS) is 17.2. The molecule has 6 nitrogen and oxygen atoms in total. The van der Waals surface area contributed by atoms with Crippen LogP contribution >= 0.6 is 0 Å². The van der Waals surface area contributed by atoms with E-state index in [9.17, 15) is 30.7 Å². The lowest BCUT2D eigenvalue weighted by Crippen LogP contribution is -2.47. The number of ether oxygens (including phenoxy) is 1. The molecule has 2 aromatic carbocycles. The molecule has 220 valence electrons. The molecule has 2 fully saturated rings. The van der Waals surface area contributed by atoms with E-state index in [1.165, 1.54) is 24.5 Å². The molecule has 13 heteroatoms. The van der Waals surface area contributed by atoms with Gasteiger partial charge in [0.05, 0.1) is 16.7 Å². The summed E-state index contributed by atoms with van der Waals surface area (Å²) in [6, 6.07) is 8.12. The van der Waals surface area contributed by atoms with Crippen LogP contribution in [-0.2, 0) is 12.4 Å². The molecule has 3 heterocycles. The van der Waals surface area contributed by atoms with Crippen molar-refractivity contribution in [2.75, 3.05) is 54.0 Å². The average Bonchev–Trinajstić information content (AvgIpc) is 2.94. The molecule has 0 saturated carbocycles. The summed E-state index contributed by atoms with van der Waals surface area (Å²) in [7, 11) is 0. The van der Waals surface area contributed by atoms with Crippen molar-refractivity contribution in [1.82, 2.24) is 9.97 Å². The summed E-state index contributed by atoms with van der Waals surface area (Å²) in [6.45, 7) is 5.27. The Labute approximate surface area is 232 Å². The average molecular weight is 584 g/mol. The van der Waals surface area contributed by atoms with Gasteiger partial charge >= 0.3 is 12.4 Å². The number of halogens is 7. The second-order valence-corrected chi connectivity index (χ2v) is 10.1. The number of piperidine rings is 1. The summed E-state index contributed by atoms with van der Waals surface area (Å²) in [4.78, 5) is 14.7. The van der Waals surface area contributed by atoms with Crippen molar-refractivity contribution < 1.29 is 35.5 Å². The van der Waals surface area contributed by atoms with Crippen LogP contribution in [0.3, 0.4) is 0 Å². The molecule has 0 bridgehead atoms. The fourth-order valence-corrected chi connectivity index (χ4v) is 5.22. The molecule has 2 saturated heterocycles. The van der Waals surface area contributed by atoms with E-state index in [2.05, 4.69) is 14.9 Å². The second-order valence-electron chi connectivity index (χ2n) is 10.1. The number of piperazine rings is 1. The van der Waals surface area contributed by atoms with Crippen molar-refractivity contribution in [3.8, 4) is 5.88 Å². The van der Waals surface area contributed by atoms with Crippen LogP contribution in [0.15, 0.2) is 48.8 Å². The van der Waals surface area contributed by atoms with E-state index in [1.807, 2.05) is 16.7 Å². The maximum atomic E-state index is 14.0. The zero-order chi connectivity index (χ0) is 29.4. The minimum atomic E-state index is -4.74. The van der Waals surface area contributed by atoms with Crippen molar-refractivity contribution >= 4 is 17.2 Å². The zero-order valence-corrected chi connectivity index (χ0v) is 22.1. The fraction of sp³-hybridized carbons (Fsp3) is 0.429. The summed E-state index contributed by atoms with van der Waals surface area (Å²) in [6.07, 6.45) is -6.70. The Kier molecular flexibility index (Phi) is 7.89. The van der Waals surface area contributed by atoms with E-state index in [0.717, 1.165) is 41.3 Å². The van der Waals surface area contributed by atoms with E-state index in [0.29, 0.717) is 63.7 Å². The standard InChI is InChI=1S/C28H28F7N5O/c1-18-25(40-14-12-39(13-15-40)20-4-2-19(3-5-20)27(30,31)32)36-17-37-26(18)41-22-8-10-38(11-9-22)21-6-7-23(24(29)16-21)28(33,34)35/h2-7,16-17,22H,8-15H2,1H3. The lowest BCUT2D eigenvalue weighted by molar-refractivity contribution is -0.140. The first kappa shape index (κ1) is 28.7. The predicted octanol–water partition coefficient (Wildman–Crippen LogP) is 6.34. The Balaban J connectivity index is 1.17. The number of alkyl halides is 6. The van der Waals surface area contributed by atoms with Crippen LogP contribution in [0.4, 0.5) is 47.9 Å². The van der Waals surface area contributed by atoms with Crippen molar-refractivity contribution in [3.05, 3.63) is 71.3 Å². The molecule has 2 aliphatic rings. The molecule has 0 N–H and O–H groups in total. The summed E-state index contributed by atoms with van der Waals surface area (Å²) in [5.74, 6) is -0.128. The van der Waals surface area contributed by atoms with Gasteiger partial charge in [0.25, 0.3) is 0 Å². The van der Waals surface area contributed by atoms with Gasteiger partial charge in [-0.15, -0.1) is 0 Å². The van der Waals surface area contributed by atoms with Crippen molar-refractivity contribution in [1.29, 1.82) is 0 Å². The summed E-state index contributed by atoms with van der Waals surface area (Å²) in [5.41, 5.74) is -0.0715. The Hall–Kier alpha value is -3.77. The topological polar surface area (TPSA) is 44.7 Å². The molecule has 0 atom stereocenters. The van der Waals surface area contributed by atoms with E-state index in [1.54, 1.807) is 0 Å². The van der Waals surface area contributed by atoms with Crippen LogP contribution in [0.1, 0.15) is 29.5 Å². The Morgan fingerprint density at radius 1 is 0.732 bits per heavy atom. The number of anilines is 3. The van der Waals surface area contributed by atoms with Crippen LogP contribution in [0.25, 0.3) is 0 Å². The Bertz CT molecular complexity index is 1350. The smallest absolute Gasteiger partial charge is 0.419 e. The van der Waals surface area contributed by atoms with Crippen LogP contribution in [-0.4, -0.2) is 55.3 Å². The van der Waals surface area contributed by atoms with Crippen molar-refractivity contribution in [2.45, 2.75) is 38.2 Å². The number of rotatable bonds is 5. The van der Waals surface area contributed by atoms with Gasteiger partial charge in [0.1, 0.15) is 24.1 Å². The maximum Gasteiger partial charge on any atom is 0.419 e. The van der Waals surface area contributed by atoms with Crippen molar-refractivity contribution in [2.24, 2.45) is 0 Å². The highest BCUT2D eigenvalue weighted by Crippen LogP contribution is 2.35. The zero-order valence-electron chi connectivity index (χ0n) is 22.1. The van der Waals surface area contributed by atoms with E-state index in [-0.39, 0.29) is 6.10 Å². The van der Waals surface area contributed by atoms with Gasteiger partial charge in [-0.2, -0.15) is 26.3 Å². The van der Waals surface area contributed by atoms with Crippen molar-refractivity contribution in [3.63, 3.8) is 0 Å². The summed E-state index contributed by atoms with van der Waals surface area (Å²) < 4.78 is 97.5. The largest absolute Gasteiger partial charge is 0.474 e. The van der Waals surface area contributed by atoms with Gasteiger partial charge in [-0.05, 0) is 49.4 Å². The molecule has 41 heavy (non-hydrogen) atoms. The molecule has 0 unspecified atom stereocenters. The molecule has 1 aromatic heterocycles. The van der Waals surface area contributed by atoms with E-state index >= 15 is 0 Å². The van der Waals surface area contributed by atoms with Crippen LogP contribution in [0.2, 0.25) is 0 Å². The number of nitrogens with zero attached hydrogens (tertiary/aromatic N) is 5. The molecule has 0 spiro atoms. The van der Waals surface area contributed by atoms with Gasteiger partial charge < -0.3 is 19.4 Å². The highest BCUT2D eigenvalue weighted by Gasteiger charge is 2.35. The van der Waals surface area contributed by atoms with E-state index < -0.39 is 29.3 Å². The second kappa shape index (κ2) is 11.2. The molecule has 2 aliphatic heterocycles. The molecule has 0 radical (unpaired) electrons. The molecule has 5 rings (SSSR count). The predicted molar refractivity (Wildman–Crippen MR) is 140 cm³/mol. The minimum absolute atomic E-state index is 0.177. The van der Waals surface area contributed by atoms with Crippen LogP contribution < -0.4 is 19.4 Å². The SMILES string of the molecule is Cc1c(OC2CCN(c3ccc(C(F)(F)F)c(F)c3)CC2)ncnc1N1CCN(c2ccc(C(F)(F)F)cc2)CC1. The van der Waals surface area contributed by atoms with Gasteiger partial charge in [0.15, 0.2) is 0 Å². The quantitative estimate of drug-likeness (QED) is 0.327. The molecule has 0 amide bonds. The lowest BCUT2D eigenvalue weighted by Gasteiger charge is -2.37. The number of hydrogen-bond acceptors (Lipinski definition) is 6. The highest BCUT2D eigenvalue weighted by molar-refractivity contribution is 5.54. The fourth-order valence-electron chi connectivity index (χ4n) is 5.22. The molecular weight excluding hydrogens is 555 g/mol. The van der Waals surface area contributed by atoms with Gasteiger partial charge in [0.2, 0.25) is 5.88 Å². The lowest BCUT2D eigenvalue weighted by atomic mass is 10.1. The first-order chi connectivity index (χ1) is 19.4. The van der Waals surface area contributed by atoms with Crippen LogP contribution in [0.5, 0.6) is 5.88 Å². The number of benzene rings is 2. The first-order valence-corrected chi connectivity index (χ1v) is 13.2. The minimum Gasteiger partial charge on any atom is -0.474 e. The number of hydrogen-bond donors (Lipinski definition) is 0. The Morgan fingerprint density at radius 2 is 1.32 bits per heavy atom. The maximum absolute atomic E-state index is 14.0. The first-order valence-electron chi connectivity index (χ1n) is 13.2. The Morgan fingerprint density at radius 3 is 1.90 bits per heavy atom. The number of aromatic nitrogens is 2. The third kappa shape index (κ3) is 6.43. The summed E-state index contributed by atoms with van der Waals surface area (Å²) in [5, 5.41) is 0. The van der Waals surface area contributed by atoms with Gasteiger partial charge in [-0.3, -0.25) is 0 Å². The molecule has 3 aromatic rings. The van der Waals surface area contributed by atoms with Gasteiger partial charge in [0, 0.05) is 63.5 Å². The third-order valence-electron chi connectivity index (χ3n) is 7.49.